The van der Waals surface area contributed by atoms with Crippen LogP contribution in [0.2, 0.25) is 0 Å². The summed E-state index contributed by atoms with van der Waals surface area (Å²) >= 11 is 0. The van der Waals surface area contributed by atoms with Crippen LogP contribution in [0, 0.1) is 0 Å². The molecule has 0 aromatic heterocycles. The molecule has 0 aliphatic rings. The van der Waals surface area contributed by atoms with Crippen LogP contribution in [0.15, 0.2) is 0 Å². The van der Waals surface area contributed by atoms with Gasteiger partial charge in [0.15, 0.2) is 0 Å². The SMILES string of the molecule is CCCCCCCCCCC(O)CCCCCCC(CCCC)S(=O)(=O)[O-].[Na+]. The number of hydrogen-bond donors (Lipinski definition) is 1. The Kier molecular flexibility index (Phi) is 23.4. The molecule has 0 radical (unpaired) electrons. The van der Waals surface area contributed by atoms with E-state index in [1.165, 1.54) is 44.9 Å². The monoisotopic (exact) mass is 428 g/mol. The van der Waals surface area contributed by atoms with E-state index in [0.29, 0.717) is 12.8 Å². The molecule has 0 aliphatic carbocycles. The molecule has 1 N–H and O–H groups in total. The molecule has 6 heteroatoms. The minimum absolute atomic E-state index is 0. The summed E-state index contributed by atoms with van der Waals surface area (Å²) in [6.07, 6.45) is 18.3. The van der Waals surface area contributed by atoms with Crippen molar-refractivity contribution in [3.05, 3.63) is 0 Å². The van der Waals surface area contributed by atoms with Gasteiger partial charge < -0.3 is 9.66 Å². The summed E-state index contributed by atoms with van der Waals surface area (Å²) < 4.78 is 33.8. The Morgan fingerprint density at radius 3 is 1.43 bits per heavy atom. The summed E-state index contributed by atoms with van der Waals surface area (Å²) in [7, 11) is -4.16. The Bertz CT molecular complexity index is 415. The first-order valence-corrected chi connectivity index (χ1v) is 13.0. The van der Waals surface area contributed by atoms with Crippen LogP contribution in [-0.4, -0.2) is 29.4 Å². The Balaban J connectivity index is 0. The zero-order valence-electron chi connectivity index (χ0n) is 19.0. The molecule has 0 aromatic carbocycles. The molecule has 0 heterocycles. The first kappa shape index (κ1) is 31.1. The minimum Gasteiger partial charge on any atom is -0.748 e. The van der Waals surface area contributed by atoms with Gasteiger partial charge in [-0.3, -0.25) is 0 Å². The van der Waals surface area contributed by atoms with Crippen molar-refractivity contribution in [2.75, 3.05) is 0 Å². The van der Waals surface area contributed by atoms with Gasteiger partial charge in [0.05, 0.1) is 16.2 Å². The van der Waals surface area contributed by atoms with Gasteiger partial charge in [0.2, 0.25) is 0 Å². The molecule has 0 aliphatic heterocycles. The van der Waals surface area contributed by atoms with E-state index >= 15 is 0 Å². The van der Waals surface area contributed by atoms with Gasteiger partial charge in [-0.25, -0.2) is 8.42 Å². The van der Waals surface area contributed by atoms with Crippen LogP contribution in [-0.2, 0) is 10.1 Å². The van der Waals surface area contributed by atoms with Gasteiger partial charge in [0.1, 0.15) is 0 Å². The fourth-order valence-electron chi connectivity index (χ4n) is 3.63. The van der Waals surface area contributed by atoms with Crippen LogP contribution < -0.4 is 29.6 Å². The molecule has 0 fully saturated rings. The van der Waals surface area contributed by atoms with Crippen LogP contribution in [0.4, 0.5) is 0 Å². The van der Waals surface area contributed by atoms with Crippen LogP contribution >= 0.6 is 0 Å². The van der Waals surface area contributed by atoms with E-state index in [2.05, 4.69) is 6.92 Å². The topological polar surface area (TPSA) is 77.4 Å². The second-order valence-corrected chi connectivity index (χ2v) is 9.82. The summed E-state index contributed by atoms with van der Waals surface area (Å²) in [5, 5.41) is 9.35. The maximum atomic E-state index is 11.3. The van der Waals surface area contributed by atoms with Crippen molar-refractivity contribution in [2.45, 2.75) is 141 Å². The van der Waals surface area contributed by atoms with Gasteiger partial charge in [0, 0.05) is 5.25 Å². The van der Waals surface area contributed by atoms with E-state index in [4.69, 9.17) is 0 Å². The van der Waals surface area contributed by atoms with Gasteiger partial charge in [-0.2, -0.15) is 0 Å². The van der Waals surface area contributed by atoms with E-state index in [0.717, 1.165) is 57.8 Å². The Labute approximate surface area is 197 Å². The van der Waals surface area contributed by atoms with Crippen molar-refractivity contribution in [1.82, 2.24) is 0 Å². The van der Waals surface area contributed by atoms with Crippen molar-refractivity contribution in [1.29, 1.82) is 0 Å². The zero-order chi connectivity index (χ0) is 20.4. The third-order valence-corrected chi connectivity index (χ3v) is 6.78. The van der Waals surface area contributed by atoms with Crippen molar-refractivity contribution in [3.8, 4) is 0 Å². The Hall–Kier alpha value is 0.870. The van der Waals surface area contributed by atoms with Crippen molar-refractivity contribution in [2.24, 2.45) is 0 Å². The smallest absolute Gasteiger partial charge is 0.748 e. The normalized spacial score (nSPS) is 13.9. The first-order chi connectivity index (χ1) is 12.9. The van der Waals surface area contributed by atoms with Crippen molar-refractivity contribution < 1.29 is 47.6 Å². The van der Waals surface area contributed by atoms with E-state index in [9.17, 15) is 18.1 Å². The van der Waals surface area contributed by atoms with E-state index < -0.39 is 15.4 Å². The second kappa shape index (κ2) is 21.1. The molecule has 0 saturated carbocycles. The van der Waals surface area contributed by atoms with Gasteiger partial charge in [0.25, 0.3) is 0 Å². The molecule has 0 spiro atoms. The average molecular weight is 429 g/mol. The predicted molar refractivity (Wildman–Crippen MR) is 114 cm³/mol. The Morgan fingerprint density at radius 2 is 1.00 bits per heavy atom. The molecule has 0 amide bonds. The Morgan fingerprint density at radius 1 is 0.643 bits per heavy atom. The molecule has 28 heavy (non-hydrogen) atoms. The third kappa shape index (κ3) is 20.2. The maximum Gasteiger partial charge on any atom is 1.00 e. The fourth-order valence-corrected chi connectivity index (χ4v) is 4.54. The van der Waals surface area contributed by atoms with Crippen LogP contribution in [0.5, 0.6) is 0 Å². The second-order valence-electron chi connectivity index (χ2n) is 8.17. The quantitative estimate of drug-likeness (QED) is 0.183. The average Bonchev–Trinajstić information content (AvgIpc) is 2.61. The van der Waals surface area contributed by atoms with Crippen LogP contribution in [0.1, 0.15) is 129 Å². The third-order valence-electron chi connectivity index (χ3n) is 5.49. The predicted octanol–water partition coefficient (Wildman–Crippen LogP) is 3.33. The molecule has 2 unspecified atom stereocenters. The standard InChI is InChI=1S/C22H46O4S.Na/c1-3-5-7-8-9-10-11-14-17-21(23)18-15-12-13-16-20-22(19-6-4-2)27(24,25)26;/h21-23H,3-20H2,1-2H3,(H,24,25,26);/q;+1/p-1. The molecule has 4 nitrogen and oxygen atoms in total. The molecule has 0 saturated heterocycles. The molecule has 0 aromatic rings. The summed E-state index contributed by atoms with van der Waals surface area (Å²) in [5.41, 5.74) is 0. The summed E-state index contributed by atoms with van der Waals surface area (Å²) in [6, 6.07) is 0. The molecule has 2 atom stereocenters. The number of aliphatic hydroxyl groups excluding tert-OH is 1. The van der Waals surface area contributed by atoms with Crippen LogP contribution in [0.3, 0.4) is 0 Å². The summed E-state index contributed by atoms with van der Waals surface area (Å²) in [6.45, 7) is 4.25. The summed E-state index contributed by atoms with van der Waals surface area (Å²) in [5.74, 6) is 0. The van der Waals surface area contributed by atoms with Gasteiger partial charge in [-0.05, 0) is 25.7 Å². The van der Waals surface area contributed by atoms with E-state index in [-0.39, 0.29) is 35.7 Å². The van der Waals surface area contributed by atoms with E-state index in [1.807, 2.05) is 6.92 Å². The largest absolute Gasteiger partial charge is 1.00 e. The maximum absolute atomic E-state index is 11.3. The molecular weight excluding hydrogens is 383 g/mol. The molecule has 0 bridgehead atoms. The fraction of sp³-hybridized carbons (Fsp3) is 1.00. The van der Waals surface area contributed by atoms with Gasteiger partial charge in [-0.1, -0.05) is 104 Å². The van der Waals surface area contributed by atoms with Gasteiger partial charge in [-0.15, -0.1) is 0 Å². The molecular formula is C22H45NaO4S. The van der Waals surface area contributed by atoms with Crippen LogP contribution in [0.25, 0.3) is 0 Å². The number of aliphatic hydroxyl groups is 1. The van der Waals surface area contributed by atoms with Gasteiger partial charge >= 0.3 is 29.6 Å². The van der Waals surface area contributed by atoms with E-state index in [1.54, 1.807) is 0 Å². The number of rotatable bonds is 20. The summed E-state index contributed by atoms with van der Waals surface area (Å²) in [4.78, 5) is 0. The molecule has 164 valence electrons. The first-order valence-electron chi connectivity index (χ1n) is 11.5. The van der Waals surface area contributed by atoms with Crippen molar-refractivity contribution in [3.63, 3.8) is 0 Å². The zero-order valence-corrected chi connectivity index (χ0v) is 21.8. The minimum atomic E-state index is -4.16. The number of unbranched alkanes of at least 4 members (excludes halogenated alkanes) is 11. The molecule has 0 rings (SSSR count). The van der Waals surface area contributed by atoms with Crippen molar-refractivity contribution >= 4 is 10.1 Å². The number of hydrogen-bond acceptors (Lipinski definition) is 4.